The van der Waals surface area contributed by atoms with Crippen LogP contribution in [0.5, 0.6) is 0 Å². The van der Waals surface area contributed by atoms with Crippen LogP contribution in [0.1, 0.15) is 93.4 Å². The van der Waals surface area contributed by atoms with Gasteiger partial charge in [0.25, 0.3) is 0 Å². The van der Waals surface area contributed by atoms with Crippen molar-refractivity contribution >= 4 is 11.9 Å². The molecule has 3 amide bonds. The third kappa shape index (κ3) is 22.2. The van der Waals surface area contributed by atoms with E-state index in [2.05, 4.69) is 75.2 Å². The van der Waals surface area contributed by atoms with Crippen LogP contribution < -0.4 is 26.7 Å². The molecule has 1 unspecified atom stereocenters. The van der Waals surface area contributed by atoms with E-state index in [1.54, 1.807) is 0 Å². The van der Waals surface area contributed by atoms with Crippen LogP contribution in [-0.2, 0) is 9.63 Å². The van der Waals surface area contributed by atoms with Crippen LogP contribution in [0.15, 0.2) is 0 Å². The fraction of sp³-hybridized carbons (Fsp3) is 0.920. The number of amides is 3. The van der Waals surface area contributed by atoms with Gasteiger partial charge < -0.3 is 21.3 Å². The zero-order valence-corrected chi connectivity index (χ0v) is 22.4. The lowest BCUT2D eigenvalue weighted by atomic mass is 9.88. The summed E-state index contributed by atoms with van der Waals surface area (Å²) in [5, 5.41) is 12.6. The second kappa shape index (κ2) is 19.0. The van der Waals surface area contributed by atoms with Gasteiger partial charge in [-0.15, -0.1) is 0 Å². The van der Waals surface area contributed by atoms with Crippen LogP contribution in [0.2, 0.25) is 0 Å². The van der Waals surface area contributed by atoms with Gasteiger partial charge >= 0.3 is 6.03 Å². The summed E-state index contributed by atoms with van der Waals surface area (Å²) in [6, 6.07) is 0.132. The van der Waals surface area contributed by atoms with Crippen molar-refractivity contribution in [2.75, 3.05) is 32.8 Å². The van der Waals surface area contributed by atoms with Crippen molar-refractivity contribution in [1.29, 1.82) is 0 Å². The zero-order chi connectivity index (χ0) is 25.1. The van der Waals surface area contributed by atoms with Crippen LogP contribution in [0.25, 0.3) is 0 Å². The quantitative estimate of drug-likeness (QED) is 0.138. The van der Waals surface area contributed by atoms with E-state index >= 15 is 0 Å². The highest BCUT2D eigenvalue weighted by atomic mass is 16.7. The van der Waals surface area contributed by atoms with Gasteiger partial charge in [0.05, 0.1) is 6.61 Å². The van der Waals surface area contributed by atoms with Crippen LogP contribution in [0.3, 0.4) is 0 Å². The summed E-state index contributed by atoms with van der Waals surface area (Å²) >= 11 is 0. The third-order valence-corrected chi connectivity index (χ3v) is 5.43. The van der Waals surface area contributed by atoms with Crippen molar-refractivity contribution < 1.29 is 14.4 Å². The number of carbonyl (C=O) groups excluding carboxylic acids is 2. The number of hydroxylamine groups is 1. The van der Waals surface area contributed by atoms with Gasteiger partial charge in [0, 0.05) is 44.2 Å². The minimum atomic E-state index is -0.282. The third-order valence-electron chi connectivity index (χ3n) is 5.43. The van der Waals surface area contributed by atoms with E-state index in [1.807, 2.05) is 0 Å². The molecule has 33 heavy (non-hydrogen) atoms. The molecular weight excluding hydrogens is 418 g/mol. The van der Waals surface area contributed by atoms with E-state index in [-0.39, 0.29) is 17.5 Å². The molecule has 0 heterocycles. The smallest absolute Gasteiger partial charge is 0.338 e. The Morgan fingerprint density at radius 1 is 0.848 bits per heavy atom. The van der Waals surface area contributed by atoms with Crippen molar-refractivity contribution in [2.24, 2.45) is 11.8 Å². The number of unbranched alkanes of at least 4 members (excludes halogenated alkanes) is 1. The molecule has 0 rings (SSSR count). The van der Waals surface area contributed by atoms with Crippen molar-refractivity contribution in [3.8, 4) is 0 Å². The number of nitrogens with one attached hydrogen (secondary N) is 5. The first kappa shape index (κ1) is 31.6. The molecule has 0 radical (unpaired) electrons. The number of urea groups is 1. The van der Waals surface area contributed by atoms with Crippen LogP contribution in [0, 0.1) is 11.8 Å². The van der Waals surface area contributed by atoms with Gasteiger partial charge in [0.1, 0.15) is 0 Å². The molecule has 0 aliphatic carbocycles. The van der Waals surface area contributed by atoms with E-state index in [9.17, 15) is 9.59 Å². The minimum Gasteiger partial charge on any atom is -0.356 e. The number of hydrogen-bond donors (Lipinski definition) is 5. The Bertz CT molecular complexity index is 512. The fourth-order valence-corrected chi connectivity index (χ4v) is 3.76. The molecule has 0 aliphatic heterocycles. The van der Waals surface area contributed by atoms with Crippen molar-refractivity contribution in [2.45, 2.75) is 105 Å². The van der Waals surface area contributed by atoms with Gasteiger partial charge in [0.2, 0.25) is 5.91 Å². The summed E-state index contributed by atoms with van der Waals surface area (Å²) in [7, 11) is 0. The Morgan fingerprint density at radius 2 is 1.55 bits per heavy atom. The predicted octanol–water partition coefficient (Wildman–Crippen LogP) is 3.72. The average Bonchev–Trinajstić information content (AvgIpc) is 2.69. The summed E-state index contributed by atoms with van der Waals surface area (Å²) in [5.41, 5.74) is 2.44. The topological polar surface area (TPSA) is 104 Å². The molecule has 0 aliphatic rings. The normalized spacial score (nSPS) is 12.8. The molecule has 0 spiro atoms. The Hall–Kier alpha value is -1.38. The van der Waals surface area contributed by atoms with Crippen LogP contribution in [-0.4, -0.2) is 56.3 Å². The molecule has 0 fully saturated rings. The zero-order valence-electron chi connectivity index (χ0n) is 22.4. The molecular formula is C25H53N5O3. The monoisotopic (exact) mass is 471 g/mol. The second-order valence-corrected chi connectivity index (χ2v) is 10.6. The lowest BCUT2D eigenvalue weighted by molar-refractivity contribution is -0.121. The van der Waals surface area contributed by atoms with Crippen LogP contribution in [0.4, 0.5) is 4.79 Å². The van der Waals surface area contributed by atoms with Crippen molar-refractivity contribution in [1.82, 2.24) is 26.7 Å². The first-order valence-corrected chi connectivity index (χ1v) is 12.9. The van der Waals surface area contributed by atoms with Crippen molar-refractivity contribution in [3.63, 3.8) is 0 Å². The molecule has 0 aromatic carbocycles. The highest BCUT2D eigenvalue weighted by molar-refractivity contribution is 5.76. The molecule has 0 bridgehead atoms. The molecule has 8 heteroatoms. The molecule has 0 aromatic rings. The number of hydrogen-bond acceptors (Lipinski definition) is 5. The summed E-state index contributed by atoms with van der Waals surface area (Å²) < 4.78 is 0. The fourth-order valence-electron chi connectivity index (χ4n) is 3.76. The Labute approximate surface area is 203 Å². The van der Waals surface area contributed by atoms with E-state index in [4.69, 9.17) is 4.84 Å². The van der Waals surface area contributed by atoms with Crippen molar-refractivity contribution in [3.05, 3.63) is 0 Å². The second-order valence-electron chi connectivity index (χ2n) is 10.6. The summed E-state index contributed by atoms with van der Waals surface area (Å²) in [5.74, 6) is 1.37. The first-order chi connectivity index (χ1) is 15.5. The molecule has 0 saturated carbocycles. The Kier molecular flexibility index (Phi) is 18.2. The number of rotatable bonds is 20. The van der Waals surface area contributed by atoms with Gasteiger partial charge in [-0.3, -0.25) is 9.63 Å². The highest BCUT2D eigenvalue weighted by Gasteiger charge is 2.20. The average molecular weight is 472 g/mol. The molecule has 0 saturated heterocycles. The molecule has 8 nitrogen and oxygen atoms in total. The minimum absolute atomic E-state index is 0.000484. The van der Waals surface area contributed by atoms with Gasteiger partial charge in [-0.05, 0) is 51.4 Å². The largest absolute Gasteiger partial charge is 0.356 e. The molecule has 5 N–H and O–H groups in total. The van der Waals surface area contributed by atoms with E-state index in [1.165, 1.54) is 0 Å². The first-order valence-electron chi connectivity index (χ1n) is 12.9. The lowest BCUT2D eigenvalue weighted by Gasteiger charge is -2.29. The highest BCUT2D eigenvalue weighted by Crippen LogP contribution is 2.20. The molecule has 0 aromatic heterocycles. The van der Waals surface area contributed by atoms with E-state index in [0.29, 0.717) is 44.0 Å². The van der Waals surface area contributed by atoms with E-state index < -0.39 is 0 Å². The SMILES string of the molecule is CC(C)CCCNC(=O)NOCCNC(C)(C)CC(C)CCCCNC(=O)CCNC(C)C. The predicted molar refractivity (Wildman–Crippen MR) is 137 cm³/mol. The molecule has 196 valence electrons. The number of carbonyl (C=O) groups is 2. The van der Waals surface area contributed by atoms with Gasteiger partial charge in [-0.25, -0.2) is 10.3 Å². The summed E-state index contributed by atoms with van der Waals surface area (Å²) in [4.78, 5) is 28.7. The van der Waals surface area contributed by atoms with Gasteiger partial charge in [0.15, 0.2) is 0 Å². The Morgan fingerprint density at radius 3 is 2.21 bits per heavy atom. The summed E-state index contributed by atoms with van der Waals surface area (Å²) in [6.07, 6.45) is 6.95. The van der Waals surface area contributed by atoms with Gasteiger partial charge in [-0.1, -0.05) is 47.5 Å². The van der Waals surface area contributed by atoms with Gasteiger partial charge in [-0.2, -0.15) is 0 Å². The molecule has 1 atom stereocenters. The maximum Gasteiger partial charge on any atom is 0.338 e. The summed E-state index contributed by atoms with van der Waals surface area (Å²) in [6.45, 7) is 18.4. The maximum absolute atomic E-state index is 11.8. The van der Waals surface area contributed by atoms with E-state index in [0.717, 1.165) is 51.6 Å². The van der Waals surface area contributed by atoms with Crippen LogP contribution >= 0.6 is 0 Å². The standard InChI is InChI=1S/C25H53N5O3/c1-20(2)11-10-15-28-24(32)30-33-18-17-29-25(6,7)19-22(5)12-8-9-14-27-23(31)13-16-26-21(3)4/h20-22,26,29H,8-19H2,1-7H3,(H,27,31)(H2,28,30,32). The lowest BCUT2D eigenvalue weighted by Crippen LogP contribution is -2.43. The Balaban J connectivity index is 3.72. The maximum atomic E-state index is 11.8.